The average Bonchev–Trinajstić information content (AvgIpc) is 2.49. The Morgan fingerprint density at radius 2 is 1.52 bits per heavy atom. The van der Waals surface area contributed by atoms with Gasteiger partial charge >= 0.3 is 0 Å². The van der Waals surface area contributed by atoms with Crippen LogP contribution in [0.2, 0.25) is 0 Å². The standard InChI is InChI=1S/C15H24O6/c1-3-19-9-13(17)11-21-15-6-4-5-14(7-15)20-10-12(16)8-18-2/h4-7,12-13,16-17H,3,8-11H2,1-2H3. The minimum atomic E-state index is -0.674. The Balaban J connectivity index is 2.37. The molecule has 0 saturated carbocycles. The zero-order chi connectivity index (χ0) is 15.5. The van der Waals surface area contributed by atoms with E-state index in [-0.39, 0.29) is 26.4 Å². The monoisotopic (exact) mass is 300 g/mol. The summed E-state index contributed by atoms with van der Waals surface area (Å²) in [5, 5.41) is 19.1. The smallest absolute Gasteiger partial charge is 0.123 e. The van der Waals surface area contributed by atoms with Crippen LogP contribution in [0.15, 0.2) is 24.3 Å². The first-order valence-corrected chi connectivity index (χ1v) is 6.94. The van der Waals surface area contributed by atoms with E-state index in [9.17, 15) is 10.2 Å². The Bertz CT molecular complexity index is 384. The van der Waals surface area contributed by atoms with Crippen LogP contribution in [-0.4, -0.2) is 62.6 Å². The lowest BCUT2D eigenvalue weighted by molar-refractivity contribution is 0.0162. The molecule has 21 heavy (non-hydrogen) atoms. The highest BCUT2D eigenvalue weighted by Crippen LogP contribution is 2.19. The summed E-state index contributed by atoms with van der Waals surface area (Å²) in [5.41, 5.74) is 0. The van der Waals surface area contributed by atoms with Gasteiger partial charge < -0.3 is 29.2 Å². The molecule has 0 aromatic heterocycles. The highest BCUT2D eigenvalue weighted by Gasteiger charge is 2.07. The summed E-state index contributed by atoms with van der Waals surface area (Å²) in [4.78, 5) is 0. The van der Waals surface area contributed by atoms with E-state index < -0.39 is 12.2 Å². The van der Waals surface area contributed by atoms with Gasteiger partial charge in [-0.15, -0.1) is 0 Å². The van der Waals surface area contributed by atoms with Crippen molar-refractivity contribution in [2.24, 2.45) is 0 Å². The molecule has 0 heterocycles. The van der Waals surface area contributed by atoms with Crippen LogP contribution >= 0.6 is 0 Å². The van der Waals surface area contributed by atoms with Crippen LogP contribution in [-0.2, 0) is 9.47 Å². The maximum absolute atomic E-state index is 9.62. The van der Waals surface area contributed by atoms with E-state index in [0.29, 0.717) is 18.1 Å². The number of hydrogen-bond acceptors (Lipinski definition) is 6. The molecule has 0 bridgehead atoms. The number of aliphatic hydroxyl groups is 2. The van der Waals surface area contributed by atoms with Gasteiger partial charge in [0.05, 0.1) is 13.2 Å². The summed E-state index contributed by atoms with van der Waals surface area (Å²) in [5.74, 6) is 1.17. The molecular formula is C15H24O6. The third-order valence-electron chi connectivity index (χ3n) is 2.56. The molecule has 1 aromatic rings. The SMILES string of the molecule is CCOCC(O)COc1cccc(OCC(O)COC)c1. The number of hydrogen-bond donors (Lipinski definition) is 2. The second-order valence-electron chi connectivity index (χ2n) is 4.52. The lowest BCUT2D eigenvalue weighted by Gasteiger charge is -2.14. The third kappa shape index (κ3) is 7.87. The molecule has 0 aliphatic rings. The van der Waals surface area contributed by atoms with Crippen molar-refractivity contribution in [3.8, 4) is 11.5 Å². The highest BCUT2D eigenvalue weighted by molar-refractivity contribution is 5.32. The minimum Gasteiger partial charge on any atom is -0.491 e. The quantitative estimate of drug-likeness (QED) is 0.631. The summed E-state index contributed by atoms with van der Waals surface area (Å²) < 4.78 is 20.8. The molecule has 0 aliphatic carbocycles. The molecule has 6 nitrogen and oxygen atoms in total. The number of methoxy groups -OCH3 is 1. The van der Waals surface area contributed by atoms with Crippen LogP contribution in [0.4, 0.5) is 0 Å². The van der Waals surface area contributed by atoms with E-state index in [0.717, 1.165) is 0 Å². The second-order valence-corrected chi connectivity index (χ2v) is 4.52. The summed E-state index contributed by atoms with van der Waals surface area (Å²) in [6.07, 6.45) is -1.34. The van der Waals surface area contributed by atoms with Crippen molar-refractivity contribution in [2.75, 3.05) is 40.1 Å². The van der Waals surface area contributed by atoms with Gasteiger partial charge in [-0.25, -0.2) is 0 Å². The number of benzene rings is 1. The summed E-state index contributed by atoms with van der Waals surface area (Å²) >= 11 is 0. The molecule has 1 aromatic carbocycles. The molecule has 120 valence electrons. The zero-order valence-corrected chi connectivity index (χ0v) is 12.5. The van der Waals surface area contributed by atoms with Gasteiger partial charge in [-0.3, -0.25) is 0 Å². The van der Waals surface area contributed by atoms with Crippen molar-refractivity contribution in [3.63, 3.8) is 0 Å². The Kier molecular flexibility index (Phi) is 8.77. The highest BCUT2D eigenvalue weighted by atomic mass is 16.5. The van der Waals surface area contributed by atoms with Crippen molar-refractivity contribution in [3.05, 3.63) is 24.3 Å². The largest absolute Gasteiger partial charge is 0.491 e. The fourth-order valence-corrected chi connectivity index (χ4v) is 1.58. The molecule has 0 fully saturated rings. The fourth-order valence-electron chi connectivity index (χ4n) is 1.58. The first kappa shape index (κ1) is 17.7. The van der Waals surface area contributed by atoms with Crippen LogP contribution < -0.4 is 9.47 Å². The molecule has 2 unspecified atom stereocenters. The predicted octanol–water partition coefficient (Wildman–Crippen LogP) is 0.849. The molecular weight excluding hydrogens is 276 g/mol. The van der Waals surface area contributed by atoms with E-state index in [1.807, 2.05) is 6.92 Å². The van der Waals surface area contributed by atoms with Crippen molar-refractivity contribution >= 4 is 0 Å². The van der Waals surface area contributed by atoms with E-state index in [4.69, 9.17) is 18.9 Å². The molecule has 0 amide bonds. The van der Waals surface area contributed by atoms with E-state index in [1.54, 1.807) is 24.3 Å². The summed E-state index contributed by atoms with van der Waals surface area (Å²) in [7, 11) is 1.52. The topological polar surface area (TPSA) is 77.4 Å². The maximum Gasteiger partial charge on any atom is 0.123 e. The zero-order valence-electron chi connectivity index (χ0n) is 12.5. The van der Waals surface area contributed by atoms with Crippen molar-refractivity contribution in [1.29, 1.82) is 0 Å². The number of rotatable bonds is 11. The molecule has 0 spiro atoms. The van der Waals surface area contributed by atoms with Gasteiger partial charge in [0.2, 0.25) is 0 Å². The predicted molar refractivity (Wildman–Crippen MR) is 77.8 cm³/mol. The van der Waals surface area contributed by atoms with Crippen LogP contribution in [0.25, 0.3) is 0 Å². The summed E-state index contributed by atoms with van der Waals surface area (Å²) in [6.45, 7) is 3.19. The molecule has 0 radical (unpaired) electrons. The van der Waals surface area contributed by atoms with Gasteiger partial charge in [0, 0.05) is 19.8 Å². The van der Waals surface area contributed by atoms with Gasteiger partial charge in [-0.1, -0.05) is 6.07 Å². The second kappa shape index (κ2) is 10.4. The molecule has 0 saturated heterocycles. The first-order chi connectivity index (χ1) is 10.2. The number of ether oxygens (including phenoxy) is 4. The Morgan fingerprint density at radius 3 is 2.05 bits per heavy atom. The van der Waals surface area contributed by atoms with E-state index >= 15 is 0 Å². The summed E-state index contributed by atoms with van der Waals surface area (Å²) in [6, 6.07) is 7.02. The van der Waals surface area contributed by atoms with Crippen molar-refractivity contribution < 1.29 is 29.2 Å². The Hall–Kier alpha value is -1.34. The molecule has 2 atom stereocenters. The molecule has 1 rings (SSSR count). The molecule has 6 heteroatoms. The van der Waals surface area contributed by atoms with Crippen LogP contribution in [0.1, 0.15) is 6.92 Å². The van der Waals surface area contributed by atoms with Gasteiger partial charge in [0.1, 0.15) is 36.9 Å². The van der Waals surface area contributed by atoms with Gasteiger partial charge in [-0.05, 0) is 19.1 Å². The lowest BCUT2D eigenvalue weighted by atomic mass is 10.3. The number of aliphatic hydroxyl groups excluding tert-OH is 2. The third-order valence-corrected chi connectivity index (χ3v) is 2.56. The Labute approximate surface area is 125 Å². The lowest BCUT2D eigenvalue weighted by Crippen LogP contribution is -2.23. The first-order valence-electron chi connectivity index (χ1n) is 6.94. The van der Waals surface area contributed by atoms with E-state index in [1.165, 1.54) is 7.11 Å². The fraction of sp³-hybridized carbons (Fsp3) is 0.600. The van der Waals surface area contributed by atoms with Gasteiger partial charge in [-0.2, -0.15) is 0 Å². The van der Waals surface area contributed by atoms with Gasteiger partial charge in [0.25, 0.3) is 0 Å². The van der Waals surface area contributed by atoms with Crippen LogP contribution in [0, 0.1) is 0 Å². The van der Waals surface area contributed by atoms with Crippen LogP contribution in [0.5, 0.6) is 11.5 Å². The average molecular weight is 300 g/mol. The minimum absolute atomic E-state index is 0.143. The van der Waals surface area contributed by atoms with Gasteiger partial charge in [0.15, 0.2) is 0 Å². The van der Waals surface area contributed by atoms with E-state index in [2.05, 4.69) is 0 Å². The van der Waals surface area contributed by atoms with Crippen molar-refractivity contribution in [1.82, 2.24) is 0 Å². The molecule has 2 N–H and O–H groups in total. The molecule has 0 aliphatic heterocycles. The normalized spacial score (nSPS) is 13.7. The van der Waals surface area contributed by atoms with Crippen molar-refractivity contribution in [2.45, 2.75) is 19.1 Å². The van der Waals surface area contributed by atoms with Crippen LogP contribution in [0.3, 0.4) is 0 Å². The Morgan fingerprint density at radius 1 is 0.952 bits per heavy atom. The maximum atomic E-state index is 9.62.